The molecule has 0 spiro atoms. The van der Waals surface area contributed by atoms with E-state index in [0.29, 0.717) is 18.9 Å². The maximum absolute atomic E-state index is 12.4. The molecule has 1 fully saturated rings. The van der Waals surface area contributed by atoms with Gasteiger partial charge in [-0.1, -0.05) is 40.5 Å². The van der Waals surface area contributed by atoms with E-state index >= 15 is 0 Å². The van der Waals surface area contributed by atoms with Crippen LogP contribution in [0, 0.1) is 23.7 Å². The molecule has 0 radical (unpaired) electrons. The molecule has 1 aliphatic carbocycles. The van der Waals surface area contributed by atoms with E-state index in [9.17, 15) is 19.5 Å². The van der Waals surface area contributed by atoms with Crippen LogP contribution in [0.2, 0.25) is 0 Å². The normalized spacial score (nSPS) is 24.3. The monoisotopic (exact) mass is 383 g/mol. The number of carboxylic acids is 1. The van der Waals surface area contributed by atoms with Crippen molar-refractivity contribution in [2.24, 2.45) is 29.4 Å². The van der Waals surface area contributed by atoms with E-state index in [1.54, 1.807) is 0 Å². The number of aliphatic carboxylic acids is 1. The van der Waals surface area contributed by atoms with E-state index in [0.717, 1.165) is 32.1 Å². The first kappa shape index (κ1) is 23.4. The van der Waals surface area contributed by atoms with Crippen molar-refractivity contribution >= 4 is 17.8 Å². The first-order valence-electron chi connectivity index (χ1n) is 10.3. The number of nitrogens with two attached hydrogens (primary N) is 1. The Morgan fingerprint density at radius 1 is 1.04 bits per heavy atom. The predicted molar refractivity (Wildman–Crippen MR) is 105 cm³/mol. The number of hydrogen-bond donors (Lipinski definition) is 4. The van der Waals surface area contributed by atoms with Gasteiger partial charge >= 0.3 is 5.97 Å². The summed E-state index contributed by atoms with van der Waals surface area (Å²) in [6.07, 6.45) is 4.69. The maximum atomic E-state index is 12.4. The van der Waals surface area contributed by atoms with Crippen molar-refractivity contribution < 1.29 is 19.5 Å². The summed E-state index contributed by atoms with van der Waals surface area (Å²) in [7, 11) is 0. The molecule has 7 heteroatoms. The first-order valence-corrected chi connectivity index (χ1v) is 10.3. The third-order valence-electron chi connectivity index (χ3n) is 6.12. The standard InChI is InChI=1S/C20H37N3O4/c1-5-12(3)16(21)19(25)22-11-14-7-9-15(10-8-14)18(24)23-17(20(26)27)13(4)6-2/h12-17H,5-11,21H2,1-4H3,(H,22,25)(H,23,24)(H,26,27)/t12-,13-,14?,15?,16-,17-/m0/s1. The number of carbonyl (C=O) groups excluding carboxylic acids is 2. The van der Waals surface area contributed by atoms with Crippen molar-refractivity contribution in [3.63, 3.8) is 0 Å². The molecule has 5 N–H and O–H groups in total. The Balaban J connectivity index is 2.42. The van der Waals surface area contributed by atoms with Gasteiger partial charge in [0.15, 0.2) is 0 Å². The third kappa shape index (κ3) is 7.13. The largest absolute Gasteiger partial charge is 0.480 e. The molecular weight excluding hydrogens is 346 g/mol. The van der Waals surface area contributed by atoms with Gasteiger partial charge in [0.05, 0.1) is 6.04 Å². The van der Waals surface area contributed by atoms with Crippen molar-refractivity contribution in [2.75, 3.05) is 6.54 Å². The fourth-order valence-corrected chi connectivity index (χ4v) is 3.46. The SMILES string of the molecule is CC[C@H](C)[C@H](N)C(=O)NCC1CCC(C(=O)N[C@H](C(=O)O)[C@@H](C)CC)CC1. The molecule has 0 saturated heterocycles. The molecule has 156 valence electrons. The van der Waals surface area contributed by atoms with Crippen LogP contribution in [-0.4, -0.2) is 41.5 Å². The molecule has 0 aromatic carbocycles. The molecule has 0 heterocycles. The van der Waals surface area contributed by atoms with Crippen molar-refractivity contribution in [3.05, 3.63) is 0 Å². The highest BCUT2D eigenvalue weighted by Gasteiger charge is 2.31. The van der Waals surface area contributed by atoms with E-state index in [4.69, 9.17) is 5.73 Å². The van der Waals surface area contributed by atoms with Crippen molar-refractivity contribution in [3.8, 4) is 0 Å². The molecule has 0 aliphatic heterocycles. The second kappa shape index (κ2) is 11.3. The van der Waals surface area contributed by atoms with E-state index < -0.39 is 18.1 Å². The van der Waals surface area contributed by atoms with Crippen LogP contribution in [0.15, 0.2) is 0 Å². The average Bonchev–Trinajstić information content (AvgIpc) is 2.68. The number of amides is 2. The van der Waals surface area contributed by atoms with Gasteiger partial charge in [-0.05, 0) is 43.4 Å². The number of carbonyl (C=O) groups is 3. The van der Waals surface area contributed by atoms with E-state index in [-0.39, 0.29) is 29.6 Å². The predicted octanol–water partition coefficient (Wildman–Crippen LogP) is 1.90. The van der Waals surface area contributed by atoms with E-state index in [1.165, 1.54) is 0 Å². The third-order valence-corrected chi connectivity index (χ3v) is 6.12. The number of rotatable bonds is 10. The van der Waals surface area contributed by atoms with Crippen molar-refractivity contribution in [1.29, 1.82) is 0 Å². The minimum Gasteiger partial charge on any atom is -0.480 e. The van der Waals surface area contributed by atoms with Gasteiger partial charge in [-0.15, -0.1) is 0 Å². The Morgan fingerprint density at radius 3 is 2.07 bits per heavy atom. The van der Waals surface area contributed by atoms with Crippen LogP contribution < -0.4 is 16.4 Å². The summed E-state index contributed by atoms with van der Waals surface area (Å²) in [4.78, 5) is 35.9. The van der Waals surface area contributed by atoms with Crippen molar-refractivity contribution in [1.82, 2.24) is 10.6 Å². The zero-order valence-corrected chi connectivity index (χ0v) is 17.2. The second-order valence-corrected chi connectivity index (χ2v) is 8.08. The van der Waals surface area contributed by atoms with Crippen LogP contribution in [0.4, 0.5) is 0 Å². The van der Waals surface area contributed by atoms with Gasteiger partial charge < -0.3 is 21.5 Å². The first-order chi connectivity index (χ1) is 12.7. The molecule has 7 nitrogen and oxygen atoms in total. The fraction of sp³-hybridized carbons (Fsp3) is 0.850. The van der Waals surface area contributed by atoms with Crippen LogP contribution in [0.25, 0.3) is 0 Å². The van der Waals surface area contributed by atoms with Crippen LogP contribution >= 0.6 is 0 Å². The lowest BCUT2D eigenvalue weighted by atomic mass is 9.81. The molecule has 0 unspecified atom stereocenters. The number of carboxylic acid groups (broad SMARTS) is 1. The van der Waals surface area contributed by atoms with Crippen LogP contribution in [0.1, 0.15) is 66.2 Å². The topological polar surface area (TPSA) is 122 Å². The average molecular weight is 384 g/mol. The lowest BCUT2D eigenvalue weighted by Gasteiger charge is -2.30. The zero-order valence-electron chi connectivity index (χ0n) is 17.2. The molecule has 27 heavy (non-hydrogen) atoms. The molecule has 2 amide bonds. The summed E-state index contributed by atoms with van der Waals surface area (Å²) >= 11 is 0. The molecular formula is C20H37N3O4. The van der Waals surface area contributed by atoms with E-state index in [2.05, 4.69) is 10.6 Å². The Labute approximate surface area is 162 Å². The summed E-state index contributed by atoms with van der Waals surface area (Å²) in [6, 6.07) is -1.31. The van der Waals surface area contributed by atoms with Gasteiger partial charge in [0.1, 0.15) is 6.04 Å². The van der Waals surface area contributed by atoms with Gasteiger partial charge in [-0.3, -0.25) is 9.59 Å². The van der Waals surface area contributed by atoms with Crippen LogP contribution in [-0.2, 0) is 14.4 Å². The minimum absolute atomic E-state index is 0.104. The highest BCUT2D eigenvalue weighted by atomic mass is 16.4. The highest BCUT2D eigenvalue weighted by molar-refractivity contribution is 5.85. The lowest BCUT2D eigenvalue weighted by Crippen LogP contribution is -2.48. The minimum atomic E-state index is -0.980. The second-order valence-electron chi connectivity index (χ2n) is 8.08. The van der Waals surface area contributed by atoms with Gasteiger partial charge in [0.25, 0.3) is 0 Å². The Kier molecular flexibility index (Phi) is 9.77. The summed E-state index contributed by atoms with van der Waals surface area (Å²) in [6.45, 7) is 8.32. The van der Waals surface area contributed by atoms with E-state index in [1.807, 2.05) is 27.7 Å². The molecule has 0 aromatic rings. The van der Waals surface area contributed by atoms with Crippen molar-refractivity contribution in [2.45, 2.75) is 78.3 Å². The smallest absolute Gasteiger partial charge is 0.326 e. The Morgan fingerprint density at radius 2 is 1.59 bits per heavy atom. The number of hydrogen-bond acceptors (Lipinski definition) is 4. The van der Waals surface area contributed by atoms with Crippen LogP contribution in [0.3, 0.4) is 0 Å². The number of nitrogens with one attached hydrogen (secondary N) is 2. The highest BCUT2D eigenvalue weighted by Crippen LogP contribution is 2.29. The van der Waals surface area contributed by atoms with Crippen LogP contribution in [0.5, 0.6) is 0 Å². The lowest BCUT2D eigenvalue weighted by molar-refractivity contribution is -0.144. The molecule has 1 saturated carbocycles. The zero-order chi connectivity index (χ0) is 20.6. The Hall–Kier alpha value is -1.63. The molecule has 0 bridgehead atoms. The molecule has 1 aliphatic rings. The van der Waals surface area contributed by atoms with Gasteiger partial charge in [0.2, 0.25) is 11.8 Å². The quantitative estimate of drug-likeness (QED) is 0.459. The summed E-state index contributed by atoms with van der Waals surface area (Å²) in [5.41, 5.74) is 5.94. The van der Waals surface area contributed by atoms with Gasteiger partial charge in [-0.25, -0.2) is 4.79 Å². The molecule has 4 atom stereocenters. The maximum Gasteiger partial charge on any atom is 0.326 e. The summed E-state index contributed by atoms with van der Waals surface area (Å²) in [5.74, 6) is -1.01. The molecule has 0 aromatic heterocycles. The fourth-order valence-electron chi connectivity index (χ4n) is 3.46. The van der Waals surface area contributed by atoms with Gasteiger partial charge in [0, 0.05) is 12.5 Å². The Bertz CT molecular complexity index is 503. The summed E-state index contributed by atoms with van der Waals surface area (Å²) < 4.78 is 0. The summed E-state index contributed by atoms with van der Waals surface area (Å²) in [5, 5.41) is 15.0. The van der Waals surface area contributed by atoms with Gasteiger partial charge in [-0.2, -0.15) is 0 Å². The molecule has 1 rings (SSSR count).